The maximum absolute atomic E-state index is 13.2. The van der Waals surface area contributed by atoms with E-state index in [1.807, 2.05) is 0 Å². The van der Waals surface area contributed by atoms with E-state index in [9.17, 15) is 40.5 Å². The maximum atomic E-state index is 13.2. The lowest BCUT2D eigenvalue weighted by molar-refractivity contribution is -0.303. The van der Waals surface area contributed by atoms with Crippen molar-refractivity contribution >= 4 is 5.91 Å². The van der Waals surface area contributed by atoms with Gasteiger partial charge in [-0.25, -0.2) is 0 Å². The van der Waals surface area contributed by atoms with E-state index in [-0.39, 0.29) is 12.8 Å². The average molecular weight is 1090 g/mol. The number of unbranched alkanes of at least 4 members (excludes halogenated alkanes) is 39. The van der Waals surface area contributed by atoms with E-state index in [1.165, 1.54) is 212 Å². The molecule has 1 aliphatic heterocycles. The van der Waals surface area contributed by atoms with Crippen LogP contribution >= 0.6 is 0 Å². The topological polar surface area (TPSA) is 189 Å². The molecule has 1 aliphatic rings. The summed E-state index contributed by atoms with van der Waals surface area (Å²) < 4.78 is 11.1. The second-order valence-corrected chi connectivity index (χ2v) is 23.2. The van der Waals surface area contributed by atoms with Crippen molar-refractivity contribution in [1.29, 1.82) is 0 Å². The van der Waals surface area contributed by atoms with Gasteiger partial charge in [-0.15, -0.1) is 0 Å². The molecule has 0 aromatic rings. The molecular formula is C66H125NO10. The molecule has 1 saturated heterocycles. The molecule has 77 heavy (non-hydrogen) atoms. The maximum Gasteiger partial charge on any atom is 0.249 e. The second-order valence-electron chi connectivity index (χ2n) is 23.2. The number of carbonyl (C=O) groups is 1. The minimum Gasteiger partial charge on any atom is -0.394 e. The zero-order valence-electron chi connectivity index (χ0n) is 50.0. The van der Waals surface area contributed by atoms with Gasteiger partial charge in [0.1, 0.15) is 36.6 Å². The third kappa shape index (κ3) is 42.8. The number of carbonyl (C=O) groups excluding carboxylic acids is 1. The number of allylic oxidation sites excluding steroid dienone is 6. The molecule has 0 aromatic heterocycles. The van der Waals surface area contributed by atoms with Gasteiger partial charge in [-0.2, -0.15) is 0 Å². The van der Waals surface area contributed by atoms with Gasteiger partial charge < -0.3 is 50.5 Å². The monoisotopic (exact) mass is 1090 g/mol. The smallest absolute Gasteiger partial charge is 0.249 e. The average Bonchev–Trinajstić information content (AvgIpc) is 3.43. The van der Waals surface area contributed by atoms with Crippen LogP contribution in [0.1, 0.15) is 309 Å². The summed E-state index contributed by atoms with van der Waals surface area (Å²) in [7, 11) is 0. The van der Waals surface area contributed by atoms with Crippen LogP contribution in [0.5, 0.6) is 0 Å². The van der Waals surface area contributed by atoms with Crippen LogP contribution in [0, 0.1) is 0 Å². The van der Waals surface area contributed by atoms with Crippen LogP contribution in [0.2, 0.25) is 0 Å². The highest BCUT2D eigenvalue weighted by molar-refractivity contribution is 5.80. The van der Waals surface area contributed by atoms with Crippen molar-refractivity contribution < 1.29 is 50.0 Å². The van der Waals surface area contributed by atoms with E-state index in [0.29, 0.717) is 19.3 Å². The van der Waals surface area contributed by atoms with Gasteiger partial charge in [0.2, 0.25) is 5.91 Å². The fraction of sp³-hybridized carbons (Fsp3) is 0.894. The van der Waals surface area contributed by atoms with E-state index < -0.39 is 74.2 Å². The Bertz CT molecular complexity index is 1350. The van der Waals surface area contributed by atoms with Crippen molar-refractivity contribution in [2.45, 2.75) is 364 Å². The standard InChI is InChI=1S/C66H125NO10/c1-3-5-7-9-11-13-15-17-19-20-21-22-23-24-25-26-27-28-29-30-31-32-33-34-35-36-37-38-39-40-42-44-46-48-50-52-54-59(70)65(75)67-57(56-76-66-64(74)63(73)62(72)60(55-68)77-66)61(71)58(69)53-51-49-47-45-43-41-18-16-14-12-10-8-6-4-2/h8,10,16,18,45,47,57-64,66,68-74H,3-7,9,11-15,17,19-44,46,48-56H2,1-2H3,(H,67,75)/b10-8+,18-16+,47-45+. The Morgan fingerprint density at radius 2 is 0.792 bits per heavy atom. The number of aliphatic hydroxyl groups excluding tert-OH is 7. The van der Waals surface area contributed by atoms with Crippen LogP contribution in [-0.2, 0) is 14.3 Å². The molecule has 11 heteroatoms. The first-order valence-corrected chi connectivity index (χ1v) is 32.9. The SMILES string of the molecule is CCC/C=C/CC/C=C/CC/C=C/CCCC(O)C(O)C(COC1OC(CO)C(O)C(O)C1O)NC(=O)C(O)CCCCCCCCCCCCCCCCCCCCCCCCCCCCCCCCCCCCCC. The number of aliphatic hydroxyl groups is 7. The van der Waals surface area contributed by atoms with Crippen LogP contribution in [-0.4, -0.2) is 110 Å². The largest absolute Gasteiger partial charge is 0.394 e. The highest BCUT2D eigenvalue weighted by Gasteiger charge is 2.44. The van der Waals surface area contributed by atoms with Crippen molar-refractivity contribution in [1.82, 2.24) is 5.32 Å². The first-order valence-electron chi connectivity index (χ1n) is 32.9. The fourth-order valence-electron chi connectivity index (χ4n) is 10.6. The lowest BCUT2D eigenvalue weighted by Gasteiger charge is -2.40. The Balaban J connectivity index is 2.13. The molecule has 1 amide bonds. The van der Waals surface area contributed by atoms with Crippen LogP contribution < -0.4 is 5.32 Å². The zero-order valence-corrected chi connectivity index (χ0v) is 50.0. The van der Waals surface area contributed by atoms with Crippen LogP contribution in [0.15, 0.2) is 36.5 Å². The third-order valence-electron chi connectivity index (χ3n) is 15.9. The Hall–Kier alpha value is -1.67. The van der Waals surface area contributed by atoms with Crippen LogP contribution in [0.3, 0.4) is 0 Å². The highest BCUT2D eigenvalue weighted by atomic mass is 16.7. The van der Waals surface area contributed by atoms with Crippen molar-refractivity contribution in [3.05, 3.63) is 36.5 Å². The molecule has 0 spiro atoms. The normalized spacial score (nSPS) is 19.7. The predicted octanol–water partition coefficient (Wildman–Crippen LogP) is 15.0. The van der Waals surface area contributed by atoms with Crippen molar-refractivity contribution in [2.75, 3.05) is 13.2 Å². The second kappa shape index (κ2) is 54.9. The Kier molecular flexibility index (Phi) is 52.3. The first-order chi connectivity index (χ1) is 37.7. The number of nitrogens with one attached hydrogen (secondary N) is 1. The van der Waals surface area contributed by atoms with Gasteiger partial charge in [-0.05, 0) is 57.8 Å². The molecule has 454 valence electrons. The minimum atomic E-state index is -1.67. The molecule has 0 radical (unpaired) electrons. The van der Waals surface area contributed by atoms with E-state index in [2.05, 4.69) is 55.6 Å². The summed E-state index contributed by atoms with van der Waals surface area (Å²) in [5, 5.41) is 76.1. The molecule has 0 bridgehead atoms. The van der Waals surface area contributed by atoms with Gasteiger partial charge in [0.15, 0.2) is 6.29 Å². The summed E-state index contributed by atoms with van der Waals surface area (Å²) in [6.07, 6.45) is 58.3. The van der Waals surface area contributed by atoms with Crippen molar-refractivity contribution in [2.24, 2.45) is 0 Å². The summed E-state index contributed by atoms with van der Waals surface area (Å²) in [4.78, 5) is 13.2. The molecule has 1 heterocycles. The van der Waals surface area contributed by atoms with Gasteiger partial charge in [-0.1, -0.05) is 288 Å². The Morgan fingerprint density at radius 3 is 1.16 bits per heavy atom. The highest BCUT2D eigenvalue weighted by Crippen LogP contribution is 2.24. The quantitative estimate of drug-likeness (QED) is 0.0215. The molecule has 0 aliphatic carbocycles. The fourth-order valence-corrected chi connectivity index (χ4v) is 10.6. The summed E-state index contributed by atoms with van der Waals surface area (Å²) in [5.74, 6) is -0.708. The van der Waals surface area contributed by atoms with Crippen LogP contribution in [0.4, 0.5) is 0 Å². The summed E-state index contributed by atoms with van der Waals surface area (Å²) in [6.45, 7) is 3.39. The number of ether oxygens (including phenoxy) is 2. The van der Waals surface area contributed by atoms with Gasteiger partial charge >= 0.3 is 0 Å². The summed E-state index contributed by atoms with van der Waals surface area (Å²) in [6, 6.07) is -1.19. The van der Waals surface area contributed by atoms with E-state index in [1.54, 1.807) is 0 Å². The molecule has 9 unspecified atom stereocenters. The first kappa shape index (κ1) is 73.3. The van der Waals surface area contributed by atoms with E-state index in [4.69, 9.17) is 9.47 Å². The zero-order chi connectivity index (χ0) is 56.1. The van der Waals surface area contributed by atoms with Gasteiger partial charge in [0.25, 0.3) is 0 Å². The molecule has 0 saturated carbocycles. The lowest BCUT2D eigenvalue weighted by Crippen LogP contribution is -2.60. The minimum absolute atomic E-state index is 0.242. The Morgan fingerprint density at radius 1 is 0.442 bits per heavy atom. The van der Waals surface area contributed by atoms with Crippen molar-refractivity contribution in [3.8, 4) is 0 Å². The van der Waals surface area contributed by atoms with Gasteiger partial charge in [0.05, 0.1) is 25.4 Å². The molecule has 1 fully saturated rings. The predicted molar refractivity (Wildman–Crippen MR) is 321 cm³/mol. The van der Waals surface area contributed by atoms with Crippen molar-refractivity contribution in [3.63, 3.8) is 0 Å². The summed E-state index contributed by atoms with van der Waals surface area (Å²) in [5.41, 5.74) is 0. The molecule has 11 nitrogen and oxygen atoms in total. The number of amides is 1. The molecule has 1 rings (SSSR count). The molecule has 9 atom stereocenters. The number of hydrogen-bond acceptors (Lipinski definition) is 10. The number of rotatable bonds is 57. The van der Waals surface area contributed by atoms with Gasteiger partial charge in [0, 0.05) is 0 Å². The number of hydrogen-bond donors (Lipinski definition) is 8. The van der Waals surface area contributed by atoms with E-state index >= 15 is 0 Å². The lowest BCUT2D eigenvalue weighted by atomic mass is 9.98. The Labute approximate surface area is 473 Å². The molecule has 8 N–H and O–H groups in total. The summed E-state index contributed by atoms with van der Waals surface area (Å²) >= 11 is 0. The molecule has 0 aromatic carbocycles. The van der Waals surface area contributed by atoms with Crippen LogP contribution in [0.25, 0.3) is 0 Å². The molecular weight excluding hydrogens is 967 g/mol. The van der Waals surface area contributed by atoms with Gasteiger partial charge in [-0.3, -0.25) is 4.79 Å². The third-order valence-corrected chi connectivity index (χ3v) is 15.9. The van der Waals surface area contributed by atoms with E-state index in [0.717, 1.165) is 51.4 Å².